The van der Waals surface area contributed by atoms with Crippen molar-refractivity contribution in [1.82, 2.24) is 9.97 Å². The van der Waals surface area contributed by atoms with Crippen LogP contribution in [0, 0.1) is 13.8 Å². The van der Waals surface area contributed by atoms with Crippen molar-refractivity contribution in [1.29, 1.82) is 0 Å². The molecular weight excluding hydrogens is 184 g/mol. The minimum absolute atomic E-state index is 1.06. The molecule has 0 amide bonds. The van der Waals surface area contributed by atoms with Gasteiger partial charge in [-0.25, -0.2) is 0 Å². The van der Waals surface area contributed by atoms with Gasteiger partial charge < -0.3 is 4.98 Å². The number of aromatic nitrogens is 2. The molecule has 2 aromatic heterocycles. The Balaban J connectivity index is 2.57. The molecule has 0 saturated carbocycles. The zero-order valence-corrected chi connectivity index (χ0v) is 8.83. The van der Waals surface area contributed by atoms with Crippen LogP contribution in [-0.4, -0.2) is 9.97 Å². The van der Waals surface area contributed by atoms with E-state index >= 15 is 0 Å². The fraction of sp³-hybridized carbons (Fsp3) is 0.154. The molecule has 15 heavy (non-hydrogen) atoms. The predicted octanol–water partition coefficient (Wildman–Crippen LogP) is 3.33. The van der Waals surface area contributed by atoms with Crippen molar-refractivity contribution in [3.8, 4) is 0 Å². The van der Waals surface area contributed by atoms with Gasteiger partial charge in [-0.1, -0.05) is 12.1 Å². The van der Waals surface area contributed by atoms with Crippen molar-refractivity contribution in [3.63, 3.8) is 0 Å². The Morgan fingerprint density at radius 3 is 2.80 bits per heavy atom. The van der Waals surface area contributed by atoms with E-state index in [9.17, 15) is 0 Å². The van der Waals surface area contributed by atoms with Crippen molar-refractivity contribution in [2.75, 3.05) is 0 Å². The van der Waals surface area contributed by atoms with Crippen LogP contribution < -0.4 is 0 Å². The molecule has 0 unspecified atom stereocenters. The average Bonchev–Trinajstić information content (AvgIpc) is 2.57. The molecule has 2 nitrogen and oxygen atoms in total. The zero-order chi connectivity index (χ0) is 10.4. The number of pyridine rings is 1. The van der Waals surface area contributed by atoms with E-state index in [1.54, 1.807) is 0 Å². The number of nitrogens with one attached hydrogen (secondary N) is 1. The van der Waals surface area contributed by atoms with Crippen molar-refractivity contribution < 1.29 is 0 Å². The molecule has 74 valence electrons. The third-order valence-corrected chi connectivity index (χ3v) is 2.87. The van der Waals surface area contributed by atoms with E-state index in [1.807, 2.05) is 13.1 Å². The Hall–Kier alpha value is -1.83. The van der Waals surface area contributed by atoms with E-state index in [2.05, 4.69) is 41.2 Å². The normalized spacial score (nSPS) is 11.3. The van der Waals surface area contributed by atoms with Gasteiger partial charge in [0.15, 0.2) is 0 Å². The summed E-state index contributed by atoms with van der Waals surface area (Å²) in [6.07, 6.45) is 1.87. The Morgan fingerprint density at radius 2 is 1.93 bits per heavy atom. The number of fused-ring (bicyclic) bond motifs is 3. The van der Waals surface area contributed by atoms with Crippen LogP contribution in [0.3, 0.4) is 0 Å². The van der Waals surface area contributed by atoms with Gasteiger partial charge in [0, 0.05) is 22.5 Å². The molecule has 0 radical (unpaired) electrons. The number of hydrogen-bond acceptors (Lipinski definition) is 1. The van der Waals surface area contributed by atoms with E-state index in [4.69, 9.17) is 0 Å². The highest BCUT2D eigenvalue weighted by Gasteiger charge is 2.05. The molecule has 3 aromatic rings. The third kappa shape index (κ3) is 1.14. The minimum Gasteiger partial charge on any atom is -0.353 e. The number of hydrogen-bond donors (Lipinski definition) is 1. The number of benzene rings is 1. The Labute approximate surface area is 88.0 Å². The molecule has 0 spiro atoms. The summed E-state index contributed by atoms with van der Waals surface area (Å²) < 4.78 is 0. The van der Waals surface area contributed by atoms with Gasteiger partial charge in [-0.05, 0) is 31.5 Å². The second-order valence-corrected chi connectivity index (χ2v) is 3.99. The fourth-order valence-electron chi connectivity index (χ4n) is 2.08. The van der Waals surface area contributed by atoms with Gasteiger partial charge >= 0.3 is 0 Å². The summed E-state index contributed by atoms with van der Waals surface area (Å²) in [4.78, 5) is 7.72. The molecule has 3 rings (SSSR count). The third-order valence-electron chi connectivity index (χ3n) is 2.87. The molecule has 0 bridgehead atoms. The van der Waals surface area contributed by atoms with Crippen LogP contribution in [0.2, 0.25) is 0 Å². The van der Waals surface area contributed by atoms with E-state index < -0.39 is 0 Å². The lowest BCUT2D eigenvalue weighted by molar-refractivity contribution is 1.22. The highest BCUT2D eigenvalue weighted by atomic mass is 14.8. The van der Waals surface area contributed by atoms with Crippen LogP contribution in [0.4, 0.5) is 0 Å². The van der Waals surface area contributed by atoms with Crippen LogP contribution in [-0.2, 0) is 0 Å². The van der Waals surface area contributed by atoms with Crippen molar-refractivity contribution in [3.05, 3.63) is 41.7 Å². The number of aryl methyl sites for hydroxylation is 2. The topological polar surface area (TPSA) is 28.7 Å². The monoisotopic (exact) mass is 196 g/mol. The molecule has 0 aliphatic rings. The molecule has 0 aliphatic heterocycles. The number of H-pyrrole nitrogens is 1. The molecule has 1 N–H and O–H groups in total. The first-order valence-corrected chi connectivity index (χ1v) is 5.09. The summed E-state index contributed by atoms with van der Waals surface area (Å²) in [6, 6.07) is 8.56. The van der Waals surface area contributed by atoms with E-state index in [0.717, 1.165) is 11.2 Å². The van der Waals surface area contributed by atoms with E-state index in [1.165, 1.54) is 21.9 Å². The summed E-state index contributed by atoms with van der Waals surface area (Å²) >= 11 is 0. The second-order valence-electron chi connectivity index (χ2n) is 3.99. The lowest BCUT2D eigenvalue weighted by atomic mass is 10.1. The molecule has 1 aromatic carbocycles. The Bertz CT molecular complexity index is 650. The predicted molar refractivity (Wildman–Crippen MR) is 63.1 cm³/mol. The first kappa shape index (κ1) is 8.48. The Kier molecular flexibility index (Phi) is 1.60. The molecule has 2 heterocycles. The van der Waals surface area contributed by atoms with Gasteiger partial charge in [0.2, 0.25) is 0 Å². The standard InChI is InChI=1S/C13H12N2/c1-8-3-4-10-11-5-6-14-9(2)13(11)15-12(10)7-8/h3-7,15H,1-2H3. The van der Waals surface area contributed by atoms with Crippen LogP contribution in [0.25, 0.3) is 21.8 Å². The van der Waals surface area contributed by atoms with Gasteiger partial charge in [-0.15, -0.1) is 0 Å². The number of rotatable bonds is 0. The average molecular weight is 196 g/mol. The van der Waals surface area contributed by atoms with Crippen molar-refractivity contribution in [2.45, 2.75) is 13.8 Å². The Morgan fingerprint density at radius 1 is 1.07 bits per heavy atom. The van der Waals surface area contributed by atoms with Gasteiger partial charge in [0.1, 0.15) is 0 Å². The molecule has 0 saturated heterocycles. The van der Waals surface area contributed by atoms with Gasteiger partial charge in [0.25, 0.3) is 0 Å². The first-order chi connectivity index (χ1) is 7.25. The second kappa shape index (κ2) is 2.83. The lowest BCUT2D eigenvalue weighted by Gasteiger charge is -1.93. The SMILES string of the molecule is Cc1ccc2c(c1)[nH]c1c(C)nccc12. The largest absolute Gasteiger partial charge is 0.353 e. The van der Waals surface area contributed by atoms with Crippen LogP contribution in [0.1, 0.15) is 11.3 Å². The minimum atomic E-state index is 1.06. The van der Waals surface area contributed by atoms with E-state index in [-0.39, 0.29) is 0 Å². The summed E-state index contributed by atoms with van der Waals surface area (Å²) in [7, 11) is 0. The summed E-state index contributed by atoms with van der Waals surface area (Å²) in [6.45, 7) is 4.14. The maximum absolute atomic E-state index is 4.29. The fourth-order valence-corrected chi connectivity index (χ4v) is 2.08. The molecular formula is C13H12N2. The molecule has 2 heteroatoms. The number of aromatic amines is 1. The van der Waals surface area contributed by atoms with Gasteiger partial charge in [-0.2, -0.15) is 0 Å². The molecule has 0 fully saturated rings. The quantitative estimate of drug-likeness (QED) is 0.587. The zero-order valence-electron chi connectivity index (χ0n) is 8.83. The van der Waals surface area contributed by atoms with Crippen molar-refractivity contribution >= 4 is 21.8 Å². The van der Waals surface area contributed by atoms with Gasteiger partial charge in [0.05, 0.1) is 11.2 Å². The maximum Gasteiger partial charge on any atom is 0.0681 e. The van der Waals surface area contributed by atoms with Crippen LogP contribution >= 0.6 is 0 Å². The highest BCUT2D eigenvalue weighted by Crippen LogP contribution is 2.26. The highest BCUT2D eigenvalue weighted by molar-refractivity contribution is 6.07. The van der Waals surface area contributed by atoms with Crippen LogP contribution in [0.5, 0.6) is 0 Å². The molecule has 0 atom stereocenters. The molecule has 0 aliphatic carbocycles. The maximum atomic E-state index is 4.29. The lowest BCUT2D eigenvalue weighted by Crippen LogP contribution is -1.79. The summed E-state index contributed by atoms with van der Waals surface area (Å²) in [5, 5.41) is 2.54. The first-order valence-electron chi connectivity index (χ1n) is 5.09. The van der Waals surface area contributed by atoms with Gasteiger partial charge in [-0.3, -0.25) is 4.98 Å². The number of nitrogens with zero attached hydrogens (tertiary/aromatic N) is 1. The van der Waals surface area contributed by atoms with Crippen LogP contribution in [0.15, 0.2) is 30.5 Å². The summed E-state index contributed by atoms with van der Waals surface area (Å²) in [5.41, 5.74) is 4.68. The van der Waals surface area contributed by atoms with E-state index in [0.29, 0.717) is 0 Å². The van der Waals surface area contributed by atoms with Crippen molar-refractivity contribution in [2.24, 2.45) is 0 Å². The summed E-state index contributed by atoms with van der Waals surface area (Å²) in [5.74, 6) is 0. The smallest absolute Gasteiger partial charge is 0.0681 e.